The zero-order valence-electron chi connectivity index (χ0n) is 21.0. The number of nitrogens with one attached hydrogen (secondary N) is 2. The first-order valence-corrected chi connectivity index (χ1v) is 13.8. The number of carbonyl (C=O) groups is 1. The first-order valence-electron chi connectivity index (χ1n) is 12.5. The van der Waals surface area contributed by atoms with E-state index in [1.165, 1.54) is 5.57 Å². The molecule has 2 amide bonds. The number of benzene rings is 1. The molecule has 1 fully saturated rings. The monoisotopic (exact) mass is 549 g/mol. The number of hydrogen-bond donors (Lipinski definition) is 2. The molecule has 11 heteroatoms. The summed E-state index contributed by atoms with van der Waals surface area (Å²) < 4.78 is 5.35. The molecule has 2 aliphatic heterocycles. The molecule has 0 saturated carbocycles. The van der Waals surface area contributed by atoms with Crippen LogP contribution in [-0.4, -0.2) is 77.2 Å². The van der Waals surface area contributed by atoms with Gasteiger partial charge < -0.3 is 29.7 Å². The molecular formula is C27H28ClN7O2S. The second kappa shape index (κ2) is 10.5. The number of fused-ring (bicyclic) bond motifs is 1. The quantitative estimate of drug-likeness (QED) is 0.344. The molecule has 0 aliphatic carbocycles. The molecule has 6 rings (SSSR count). The molecule has 196 valence electrons. The van der Waals surface area contributed by atoms with Crippen molar-refractivity contribution in [1.82, 2.24) is 24.8 Å². The zero-order valence-corrected chi connectivity index (χ0v) is 22.6. The van der Waals surface area contributed by atoms with Crippen molar-refractivity contribution in [2.75, 3.05) is 56.6 Å². The number of nitrogens with zero attached hydrogens (tertiary/aromatic N) is 5. The first kappa shape index (κ1) is 24.6. The predicted octanol–water partition coefficient (Wildman–Crippen LogP) is 5.46. The number of anilines is 3. The second-order valence-corrected chi connectivity index (χ2v) is 10.6. The van der Waals surface area contributed by atoms with Crippen molar-refractivity contribution in [3.63, 3.8) is 0 Å². The number of pyridine rings is 1. The van der Waals surface area contributed by atoms with Crippen LogP contribution in [0, 0.1) is 0 Å². The Hall–Kier alpha value is -3.76. The van der Waals surface area contributed by atoms with Gasteiger partial charge in [0.25, 0.3) is 0 Å². The van der Waals surface area contributed by atoms with Crippen LogP contribution in [0.4, 0.5) is 21.3 Å². The molecule has 9 nitrogen and oxygen atoms in total. The van der Waals surface area contributed by atoms with E-state index in [1.54, 1.807) is 24.6 Å². The number of amides is 2. The Morgan fingerprint density at radius 1 is 1.08 bits per heavy atom. The average molecular weight is 550 g/mol. The lowest BCUT2D eigenvalue weighted by atomic mass is 10.0. The van der Waals surface area contributed by atoms with Gasteiger partial charge in [-0.15, -0.1) is 11.3 Å². The van der Waals surface area contributed by atoms with Crippen LogP contribution in [0.3, 0.4) is 0 Å². The molecule has 1 saturated heterocycles. The molecular weight excluding hydrogens is 522 g/mol. The van der Waals surface area contributed by atoms with Crippen molar-refractivity contribution in [2.24, 2.45) is 0 Å². The number of aromatic nitrogens is 3. The van der Waals surface area contributed by atoms with Gasteiger partial charge in [0.05, 0.1) is 17.8 Å². The largest absolute Gasteiger partial charge is 0.495 e. The van der Waals surface area contributed by atoms with Crippen LogP contribution in [0.1, 0.15) is 12.1 Å². The van der Waals surface area contributed by atoms with Crippen LogP contribution in [0.25, 0.3) is 16.6 Å². The van der Waals surface area contributed by atoms with Crippen LogP contribution in [0.5, 0.6) is 5.75 Å². The van der Waals surface area contributed by atoms with Crippen molar-refractivity contribution in [3.8, 4) is 5.75 Å². The maximum atomic E-state index is 13.2. The zero-order chi connectivity index (χ0) is 26.1. The normalized spacial score (nSPS) is 16.1. The van der Waals surface area contributed by atoms with Crippen molar-refractivity contribution in [1.29, 1.82) is 0 Å². The van der Waals surface area contributed by atoms with Gasteiger partial charge >= 0.3 is 6.03 Å². The molecule has 0 bridgehead atoms. The summed E-state index contributed by atoms with van der Waals surface area (Å²) in [4.78, 5) is 31.7. The molecule has 5 heterocycles. The molecule has 3 aromatic heterocycles. The predicted molar refractivity (Wildman–Crippen MR) is 153 cm³/mol. The van der Waals surface area contributed by atoms with Crippen molar-refractivity contribution < 1.29 is 9.53 Å². The smallest absolute Gasteiger partial charge is 0.320 e. The van der Waals surface area contributed by atoms with Crippen molar-refractivity contribution >= 4 is 62.1 Å². The van der Waals surface area contributed by atoms with Gasteiger partial charge in [0.2, 0.25) is 0 Å². The molecule has 0 atom stereocenters. The van der Waals surface area contributed by atoms with E-state index < -0.39 is 0 Å². The maximum Gasteiger partial charge on any atom is 0.320 e. The molecule has 0 radical (unpaired) electrons. The molecule has 2 N–H and O–H groups in total. The van der Waals surface area contributed by atoms with Gasteiger partial charge in [0, 0.05) is 79.9 Å². The number of halogens is 1. The third-order valence-electron chi connectivity index (χ3n) is 7.03. The highest BCUT2D eigenvalue weighted by Gasteiger charge is 2.27. The second-order valence-electron chi connectivity index (χ2n) is 9.27. The van der Waals surface area contributed by atoms with E-state index in [0.29, 0.717) is 37.0 Å². The molecule has 0 unspecified atom stereocenters. The van der Waals surface area contributed by atoms with E-state index in [1.807, 2.05) is 45.6 Å². The van der Waals surface area contributed by atoms with E-state index in [0.717, 1.165) is 52.7 Å². The molecule has 4 aromatic rings. The van der Waals surface area contributed by atoms with Gasteiger partial charge in [0.1, 0.15) is 11.4 Å². The summed E-state index contributed by atoms with van der Waals surface area (Å²) in [6, 6.07) is 9.78. The molecule has 2 aliphatic rings. The number of thiazole rings is 1. The van der Waals surface area contributed by atoms with Gasteiger partial charge in [-0.25, -0.2) is 14.8 Å². The fourth-order valence-corrected chi connectivity index (χ4v) is 5.84. The van der Waals surface area contributed by atoms with Gasteiger partial charge in [-0.2, -0.15) is 0 Å². The number of ether oxygens (including phenoxy) is 1. The van der Waals surface area contributed by atoms with E-state index in [-0.39, 0.29) is 6.03 Å². The topological polar surface area (TPSA) is 89.6 Å². The first-order chi connectivity index (χ1) is 18.6. The third-order valence-corrected chi connectivity index (χ3v) is 8.17. The highest BCUT2D eigenvalue weighted by molar-refractivity contribution is 7.13. The molecule has 0 spiro atoms. The summed E-state index contributed by atoms with van der Waals surface area (Å²) in [6.07, 6.45) is 6.54. The van der Waals surface area contributed by atoms with Crippen LogP contribution in [0.2, 0.25) is 5.02 Å². The van der Waals surface area contributed by atoms with Gasteiger partial charge in [0.15, 0.2) is 5.13 Å². The Bertz CT molecular complexity index is 1480. The summed E-state index contributed by atoms with van der Waals surface area (Å²) in [5.74, 6) is 0.615. The van der Waals surface area contributed by atoms with Gasteiger partial charge in [-0.3, -0.25) is 0 Å². The van der Waals surface area contributed by atoms with E-state index in [2.05, 4.69) is 37.3 Å². The number of piperazine rings is 1. The standard InChI is InChI=1S/C27H28ClN7O2S/c1-37-24-16-19(2-3-21(24)28)31-22-4-7-29-25-20(22)17-23(32-25)18-5-9-34(10-6-18)27(36)35-13-11-33(12-14-35)26-30-8-15-38-26/h2-5,7-8,15-17H,6,9-14H2,1H3,(H2,29,31,32). The minimum Gasteiger partial charge on any atom is -0.495 e. The number of H-pyrrole nitrogens is 1. The number of aromatic amines is 1. The number of methoxy groups -OCH3 is 1. The van der Waals surface area contributed by atoms with E-state index in [4.69, 9.17) is 16.3 Å². The van der Waals surface area contributed by atoms with Gasteiger partial charge in [-0.1, -0.05) is 17.7 Å². The lowest BCUT2D eigenvalue weighted by molar-refractivity contribution is 0.154. The van der Waals surface area contributed by atoms with Crippen LogP contribution < -0.4 is 15.0 Å². The van der Waals surface area contributed by atoms with Crippen molar-refractivity contribution in [3.05, 3.63) is 64.9 Å². The summed E-state index contributed by atoms with van der Waals surface area (Å²) >= 11 is 7.82. The molecule has 1 aromatic carbocycles. The van der Waals surface area contributed by atoms with Crippen LogP contribution >= 0.6 is 22.9 Å². The third kappa shape index (κ3) is 4.89. The summed E-state index contributed by atoms with van der Waals surface area (Å²) in [5.41, 5.74) is 4.84. The Labute approximate surface area is 229 Å². The Kier molecular flexibility index (Phi) is 6.82. The van der Waals surface area contributed by atoms with E-state index in [9.17, 15) is 4.79 Å². The Morgan fingerprint density at radius 3 is 2.68 bits per heavy atom. The van der Waals surface area contributed by atoms with Gasteiger partial charge in [-0.05, 0) is 36.3 Å². The van der Waals surface area contributed by atoms with Crippen LogP contribution in [0.15, 0.2) is 54.2 Å². The van der Waals surface area contributed by atoms with Crippen LogP contribution in [-0.2, 0) is 0 Å². The number of rotatable bonds is 5. The number of carbonyl (C=O) groups excluding carboxylic acids is 1. The highest BCUT2D eigenvalue weighted by atomic mass is 35.5. The number of hydrogen-bond acceptors (Lipinski definition) is 7. The number of urea groups is 1. The highest BCUT2D eigenvalue weighted by Crippen LogP contribution is 2.33. The maximum absolute atomic E-state index is 13.2. The Morgan fingerprint density at radius 2 is 1.95 bits per heavy atom. The summed E-state index contributed by atoms with van der Waals surface area (Å²) in [5, 5.41) is 8.03. The lowest BCUT2D eigenvalue weighted by Crippen LogP contribution is -2.53. The summed E-state index contributed by atoms with van der Waals surface area (Å²) in [6.45, 7) is 4.35. The van der Waals surface area contributed by atoms with E-state index >= 15 is 0 Å². The SMILES string of the molecule is COc1cc(Nc2ccnc3[nH]c(C4=CCN(C(=O)N5CCN(c6nccs6)CC5)CC4)cc23)ccc1Cl. The fourth-order valence-electron chi connectivity index (χ4n) is 4.95. The lowest BCUT2D eigenvalue weighted by Gasteiger charge is -2.38. The molecule has 38 heavy (non-hydrogen) atoms. The average Bonchev–Trinajstić information content (AvgIpc) is 3.65. The van der Waals surface area contributed by atoms with Crippen molar-refractivity contribution in [2.45, 2.75) is 6.42 Å². The minimum atomic E-state index is 0.113. The minimum absolute atomic E-state index is 0.113. The fraction of sp³-hybridized carbons (Fsp3) is 0.296. The summed E-state index contributed by atoms with van der Waals surface area (Å²) in [7, 11) is 1.60. The Balaban J connectivity index is 1.12.